The van der Waals surface area contributed by atoms with Crippen LogP contribution < -0.4 is 24.8 Å². The highest BCUT2D eigenvalue weighted by atomic mass is 16.7. The monoisotopic (exact) mass is 328 g/mol. The molecule has 0 aromatic heterocycles. The molecule has 2 aromatic carbocycles. The fourth-order valence-corrected chi connectivity index (χ4v) is 2.44. The number of urea groups is 1. The van der Waals surface area contributed by atoms with E-state index in [4.69, 9.17) is 14.2 Å². The summed E-state index contributed by atoms with van der Waals surface area (Å²) in [6.07, 6.45) is 0.725. The molecule has 0 atom stereocenters. The average molecular weight is 328 g/mol. The molecule has 2 aromatic rings. The van der Waals surface area contributed by atoms with Gasteiger partial charge in [0.15, 0.2) is 11.5 Å². The van der Waals surface area contributed by atoms with Crippen LogP contribution in [-0.4, -0.2) is 26.5 Å². The summed E-state index contributed by atoms with van der Waals surface area (Å²) in [6, 6.07) is 13.2. The van der Waals surface area contributed by atoms with E-state index >= 15 is 0 Å². The number of amides is 2. The van der Waals surface area contributed by atoms with E-state index in [-0.39, 0.29) is 12.8 Å². The van der Waals surface area contributed by atoms with Gasteiger partial charge in [0.25, 0.3) is 0 Å². The van der Waals surface area contributed by atoms with Gasteiger partial charge in [-0.05, 0) is 41.8 Å². The number of nitrogens with one attached hydrogen (secondary N) is 2. The SMILES string of the molecule is COc1cccc(CNC(=O)NCCc2ccc3c(c2)OCO3)c1. The van der Waals surface area contributed by atoms with E-state index in [0.29, 0.717) is 13.1 Å². The lowest BCUT2D eigenvalue weighted by atomic mass is 10.1. The van der Waals surface area contributed by atoms with Crippen molar-refractivity contribution in [1.82, 2.24) is 10.6 Å². The lowest BCUT2D eigenvalue weighted by Crippen LogP contribution is -2.36. The normalized spacial score (nSPS) is 11.9. The van der Waals surface area contributed by atoms with Crippen LogP contribution in [-0.2, 0) is 13.0 Å². The van der Waals surface area contributed by atoms with Gasteiger partial charge in [0, 0.05) is 13.1 Å². The topological polar surface area (TPSA) is 68.8 Å². The first-order valence-corrected chi connectivity index (χ1v) is 7.78. The third kappa shape index (κ3) is 4.10. The largest absolute Gasteiger partial charge is 0.497 e. The van der Waals surface area contributed by atoms with Gasteiger partial charge in [-0.1, -0.05) is 18.2 Å². The molecule has 3 rings (SSSR count). The molecular formula is C18H20N2O4. The molecule has 0 saturated carbocycles. The summed E-state index contributed by atoms with van der Waals surface area (Å²) in [5.41, 5.74) is 2.08. The zero-order valence-electron chi connectivity index (χ0n) is 13.5. The number of rotatable bonds is 6. The molecule has 24 heavy (non-hydrogen) atoms. The smallest absolute Gasteiger partial charge is 0.315 e. The summed E-state index contributed by atoms with van der Waals surface area (Å²) in [6.45, 7) is 1.26. The van der Waals surface area contributed by atoms with E-state index in [9.17, 15) is 4.79 Å². The molecule has 1 heterocycles. The number of ether oxygens (including phenoxy) is 3. The van der Waals surface area contributed by atoms with E-state index in [1.54, 1.807) is 7.11 Å². The van der Waals surface area contributed by atoms with E-state index < -0.39 is 0 Å². The van der Waals surface area contributed by atoms with Crippen molar-refractivity contribution >= 4 is 6.03 Å². The van der Waals surface area contributed by atoms with Crippen molar-refractivity contribution in [3.63, 3.8) is 0 Å². The highest BCUT2D eigenvalue weighted by molar-refractivity contribution is 5.73. The van der Waals surface area contributed by atoms with Gasteiger partial charge in [-0.2, -0.15) is 0 Å². The Bertz CT molecular complexity index is 718. The predicted octanol–water partition coefficient (Wildman–Crippen LogP) is 2.47. The van der Waals surface area contributed by atoms with Gasteiger partial charge in [0.1, 0.15) is 5.75 Å². The van der Waals surface area contributed by atoms with Crippen LogP contribution in [0.1, 0.15) is 11.1 Å². The summed E-state index contributed by atoms with van der Waals surface area (Å²) >= 11 is 0. The summed E-state index contributed by atoms with van der Waals surface area (Å²) in [7, 11) is 1.62. The van der Waals surface area contributed by atoms with Crippen LogP contribution in [0.3, 0.4) is 0 Å². The number of hydrogen-bond acceptors (Lipinski definition) is 4. The number of carbonyl (C=O) groups excluding carboxylic acids is 1. The summed E-state index contributed by atoms with van der Waals surface area (Å²) in [5, 5.41) is 5.67. The van der Waals surface area contributed by atoms with Crippen molar-refractivity contribution in [2.45, 2.75) is 13.0 Å². The van der Waals surface area contributed by atoms with Gasteiger partial charge in [-0.3, -0.25) is 0 Å². The molecule has 0 unspecified atom stereocenters. The summed E-state index contributed by atoms with van der Waals surface area (Å²) in [4.78, 5) is 11.9. The van der Waals surface area contributed by atoms with E-state index in [1.165, 1.54) is 0 Å². The molecule has 0 fully saturated rings. The quantitative estimate of drug-likeness (QED) is 0.855. The molecule has 0 saturated heterocycles. The van der Waals surface area contributed by atoms with Crippen molar-refractivity contribution in [1.29, 1.82) is 0 Å². The van der Waals surface area contributed by atoms with E-state index in [1.807, 2.05) is 42.5 Å². The van der Waals surface area contributed by atoms with Crippen molar-refractivity contribution in [2.24, 2.45) is 0 Å². The predicted molar refractivity (Wildman–Crippen MR) is 89.5 cm³/mol. The first kappa shape index (κ1) is 16.0. The molecule has 1 aliphatic heterocycles. The Kier molecular flexibility index (Phi) is 5.05. The Morgan fingerprint density at radius 1 is 1.08 bits per heavy atom. The maximum Gasteiger partial charge on any atom is 0.315 e. The number of carbonyl (C=O) groups is 1. The Morgan fingerprint density at radius 2 is 1.96 bits per heavy atom. The van der Waals surface area contributed by atoms with Crippen molar-refractivity contribution in [2.75, 3.05) is 20.4 Å². The highest BCUT2D eigenvalue weighted by Crippen LogP contribution is 2.32. The molecule has 6 heteroatoms. The van der Waals surface area contributed by atoms with E-state index in [2.05, 4.69) is 10.6 Å². The first-order chi connectivity index (χ1) is 11.7. The van der Waals surface area contributed by atoms with Crippen LogP contribution in [0.15, 0.2) is 42.5 Å². The van der Waals surface area contributed by atoms with Gasteiger partial charge >= 0.3 is 6.03 Å². The van der Waals surface area contributed by atoms with Crippen LogP contribution in [0.5, 0.6) is 17.2 Å². The molecule has 2 amide bonds. The third-order valence-corrected chi connectivity index (χ3v) is 3.72. The maximum atomic E-state index is 11.9. The summed E-state index contributed by atoms with van der Waals surface area (Å²) < 4.78 is 15.8. The molecule has 2 N–H and O–H groups in total. The molecular weight excluding hydrogens is 308 g/mol. The van der Waals surface area contributed by atoms with Crippen LogP contribution in [0.4, 0.5) is 4.79 Å². The Hall–Kier alpha value is -2.89. The summed E-state index contributed by atoms with van der Waals surface area (Å²) in [5.74, 6) is 2.30. The molecule has 0 bridgehead atoms. The minimum Gasteiger partial charge on any atom is -0.497 e. The number of hydrogen-bond donors (Lipinski definition) is 2. The van der Waals surface area contributed by atoms with Crippen molar-refractivity contribution < 1.29 is 19.0 Å². The van der Waals surface area contributed by atoms with Gasteiger partial charge in [0.05, 0.1) is 7.11 Å². The number of fused-ring (bicyclic) bond motifs is 1. The molecule has 0 aliphatic carbocycles. The lowest BCUT2D eigenvalue weighted by molar-refractivity contribution is 0.174. The van der Waals surface area contributed by atoms with Gasteiger partial charge < -0.3 is 24.8 Å². The zero-order chi connectivity index (χ0) is 16.8. The first-order valence-electron chi connectivity index (χ1n) is 7.78. The van der Waals surface area contributed by atoms with Gasteiger partial charge in [0.2, 0.25) is 6.79 Å². The highest BCUT2D eigenvalue weighted by Gasteiger charge is 2.13. The zero-order valence-corrected chi connectivity index (χ0v) is 13.5. The Balaban J connectivity index is 1.41. The van der Waals surface area contributed by atoms with Crippen LogP contribution in [0.25, 0.3) is 0 Å². The molecule has 0 spiro atoms. The van der Waals surface area contributed by atoms with Gasteiger partial charge in [-0.25, -0.2) is 4.79 Å². The fraction of sp³-hybridized carbons (Fsp3) is 0.278. The standard InChI is InChI=1S/C18H20N2O4/c1-22-15-4-2-3-14(9-15)11-20-18(21)19-8-7-13-5-6-16-17(10-13)24-12-23-16/h2-6,9-10H,7-8,11-12H2,1H3,(H2,19,20,21). The fourth-order valence-electron chi connectivity index (χ4n) is 2.44. The second-order valence-electron chi connectivity index (χ2n) is 5.40. The van der Waals surface area contributed by atoms with Crippen LogP contribution in [0.2, 0.25) is 0 Å². The minimum absolute atomic E-state index is 0.196. The molecule has 1 aliphatic rings. The molecule has 6 nitrogen and oxygen atoms in total. The lowest BCUT2D eigenvalue weighted by Gasteiger charge is -2.09. The number of methoxy groups -OCH3 is 1. The van der Waals surface area contributed by atoms with Crippen LogP contribution in [0, 0.1) is 0 Å². The van der Waals surface area contributed by atoms with Crippen molar-refractivity contribution in [3.8, 4) is 17.2 Å². The van der Waals surface area contributed by atoms with E-state index in [0.717, 1.165) is 34.8 Å². The Morgan fingerprint density at radius 3 is 2.83 bits per heavy atom. The second-order valence-corrected chi connectivity index (χ2v) is 5.40. The maximum absolute atomic E-state index is 11.9. The average Bonchev–Trinajstić information content (AvgIpc) is 3.08. The third-order valence-electron chi connectivity index (χ3n) is 3.72. The van der Waals surface area contributed by atoms with Crippen molar-refractivity contribution in [3.05, 3.63) is 53.6 Å². The number of benzene rings is 2. The van der Waals surface area contributed by atoms with Gasteiger partial charge in [-0.15, -0.1) is 0 Å². The minimum atomic E-state index is -0.196. The second kappa shape index (κ2) is 7.59. The molecule has 126 valence electrons. The van der Waals surface area contributed by atoms with Crippen LogP contribution >= 0.6 is 0 Å². The Labute approximate surface area is 140 Å². The molecule has 0 radical (unpaired) electrons.